The predicted octanol–water partition coefficient (Wildman–Crippen LogP) is 3.97. The Morgan fingerprint density at radius 3 is 2.53 bits per heavy atom. The summed E-state index contributed by atoms with van der Waals surface area (Å²) < 4.78 is 5.84. The molecule has 0 aliphatic heterocycles. The van der Waals surface area contributed by atoms with Crippen LogP contribution in [0.5, 0.6) is 0 Å². The Balaban J connectivity index is 2.34. The monoisotopic (exact) mass is 249 g/mol. The molecule has 0 aromatic carbocycles. The highest BCUT2D eigenvalue weighted by atomic mass is 32.1. The lowest BCUT2D eigenvalue weighted by Crippen LogP contribution is -2.20. The van der Waals surface area contributed by atoms with Gasteiger partial charge >= 0.3 is 0 Å². The number of rotatable bonds is 4. The summed E-state index contributed by atoms with van der Waals surface area (Å²) in [6.07, 6.45) is 0. The van der Waals surface area contributed by atoms with Gasteiger partial charge in [-0.05, 0) is 51.1 Å². The number of aryl methyl sites for hydroxylation is 3. The molecule has 0 saturated carbocycles. The minimum atomic E-state index is 0.186. The lowest BCUT2D eigenvalue weighted by Gasteiger charge is -2.13. The summed E-state index contributed by atoms with van der Waals surface area (Å²) in [6.45, 7) is 9.29. The Morgan fingerprint density at radius 2 is 2.06 bits per heavy atom. The molecule has 2 aromatic heterocycles. The molecule has 0 fully saturated rings. The number of furan rings is 1. The Hall–Kier alpha value is -1.06. The van der Waals surface area contributed by atoms with Crippen molar-refractivity contribution in [2.75, 3.05) is 6.54 Å². The molecule has 0 saturated heterocycles. The molecule has 2 rings (SSSR count). The zero-order chi connectivity index (χ0) is 12.4. The molecule has 0 radical (unpaired) electrons. The minimum absolute atomic E-state index is 0.186. The van der Waals surface area contributed by atoms with Gasteiger partial charge < -0.3 is 9.73 Å². The first-order valence-electron chi connectivity index (χ1n) is 5.98. The summed E-state index contributed by atoms with van der Waals surface area (Å²) in [6, 6.07) is 6.66. The van der Waals surface area contributed by atoms with Crippen LogP contribution in [0.2, 0.25) is 0 Å². The molecule has 0 spiro atoms. The SMILES string of the molecule is CCNC(c1cc(C)c(C)o1)c1ccc(C)s1. The Labute approximate surface area is 107 Å². The maximum Gasteiger partial charge on any atom is 0.126 e. The van der Waals surface area contributed by atoms with E-state index in [1.54, 1.807) is 0 Å². The van der Waals surface area contributed by atoms with Crippen LogP contribution in [0, 0.1) is 20.8 Å². The largest absolute Gasteiger partial charge is 0.464 e. The van der Waals surface area contributed by atoms with E-state index in [0.29, 0.717) is 0 Å². The summed E-state index contributed by atoms with van der Waals surface area (Å²) in [5.41, 5.74) is 1.22. The van der Waals surface area contributed by atoms with Gasteiger partial charge in [0.15, 0.2) is 0 Å². The molecule has 2 heterocycles. The van der Waals surface area contributed by atoms with Crippen LogP contribution in [0.4, 0.5) is 0 Å². The fourth-order valence-electron chi connectivity index (χ4n) is 1.90. The zero-order valence-electron chi connectivity index (χ0n) is 10.8. The van der Waals surface area contributed by atoms with Crippen LogP contribution in [0.1, 0.15) is 39.8 Å². The maximum absolute atomic E-state index is 5.84. The topological polar surface area (TPSA) is 25.2 Å². The van der Waals surface area contributed by atoms with Gasteiger partial charge in [0.1, 0.15) is 17.6 Å². The summed E-state index contributed by atoms with van der Waals surface area (Å²) in [5.74, 6) is 2.03. The van der Waals surface area contributed by atoms with E-state index in [4.69, 9.17) is 4.42 Å². The van der Waals surface area contributed by atoms with E-state index in [2.05, 4.69) is 44.3 Å². The van der Waals surface area contributed by atoms with Crippen LogP contribution in [0.15, 0.2) is 22.6 Å². The second-order valence-electron chi connectivity index (χ2n) is 4.33. The maximum atomic E-state index is 5.84. The standard InChI is InChI=1S/C14H19NOS/c1-5-15-14(13-7-6-10(3)17-13)12-8-9(2)11(4)16-12/h6-8,14-15H,5H2,1-4H3. The van der Waals surface area contributed by atoms with Crippen molar-refractivity contribution in [2.45, 2.75) is 33.7 Å². The van der Waals surface area contributed by atoms with E-state index in [1.807, 2.05) is 18.3 Å². The molecule has 0 aliphatic rings. The van der Waals surface area contributed by atoms with Crippen LogP contribution in [-0.4, -0.2) is 6.54 Å². The third-order valence-corrected chi connectivity index (χ3v) is 3.99. The van der Waals surface area contributed by atoms with Crippen LogP contribution in [0.3, 0.4) is 0 Å². The van der Waals surface area contributed by atoms with Crippen molar-refractivity contribution in [1.29, 1.82) is 0 Å². The van der Waals surface area contributed by atoms with Gasteiger partial charge in [0, 0.05) is 9.75 Å². The highest BCUT2D eigenvalue weighted by molar-refractivity contribution is 7.12. The molecule has 92 valence electrons. The third-order valence-electron chi connectivity index (χ3n) is 2.92. The van der Waals surface area contributed by atoms with Crippen LogP contribution in [-0.2, 0) is 0 Å². The van der Waals surface area contributed by atoms with E-state index in [9.17, 15) is 0 Å². The number of hydrogen-bond acceptors (Lipinski definition) is 3. The van der Waals surface area contributed by atoms with Gasteiger partial charge in [0.25, 0.3) is 0 Å². The molecule has 0 bridgehead atoms. The van der Waals surface area contributed by atoms with Crippen molar-refractivity contribution in [2.24, 2.45) is 0 Å². The van der Waals surface area contributed by atoms with E-state index >= 15 is 0 Å². The average Bonchev–Trinajstić information content (AvgIpc) is 2.83. The van der Waals surface area contributed by atoms with E-state index in [-0.39, 0.29) is 6.04 Å². The van der Waals surface area contributed by atoms with Crippen molar-refractivity contribution in [3.63, 3.8) is 0 Å². The Kier molecular flexibility index (Phi) is 3.69. The van der Waals surface area contributed by atoms with E-state index < -0.39 is 0 Å². The fraction of sp³-hybridized carbons (Fsp3) is 0.429. The average molecular weight is 249 g/mol. The van der Waals surface area contributed by atoms with Gasteiger partial charge in [-0.25, -0.2) is 0 Å². The summed E-state index contributed by atoms with van der Waals surface area (Å²) in [5, 5.41) is 3.49. The molecule has 0 amide bonds. The van der Waals surface area contributed by atoms with Gasteiger partial charge in [0.05, 0.1) is 0 Å². The smallest absolute Gasteiger partial charge is 0.126 e. The Bertz CT molecular complexity index is 479. The van der Waals surface area contributed by atoms with Crippen molar-refractivity contribution >= 4 is 11.3 Å². The lowest BCUT2D eigenvalue weighted by atomic mass is 10.1. The molecule has 2 nitrogen and oxygen atoms in total. The van der Waals surface area contributed by atoms with Gasteiger partial charge in [-0.2, -0.15) is 0 Å². The quantitative estimate of drug-likeness (QED) is 0.887. The lowest BCUT2D eigenvalue weighted by molar-refractivity contribution is 0.437. The zero-order valence-corrected chi connectivity index (χ0v) is 11.6. The molecule has 1 atom stereocenters. The van der Waals surface area contributed by atoms with Gasteiger partial charge in [-0.3, -0.25) is 0 Å². The fourth-order valence-corrected chi connectivity index (χ4v) is 2.86. The molecule has 1 unspecified atom stereocenters. The summed E-state index contributed by atoms with van der Waals surface area (Å²) >= 11 is 1.82. The van der Waals surface area contributed by atoms with Gasteiger partial charge in [-0.1, -0.05) is 6.92 Å². The third kappa shape index (κ3) is 2.61. The highest BCUT2D eigenvalue weighted by Gasteiger charge is 2.19. The first kappa shape index (κ1) is 12.4. The summed E-state index contributed by atoms with van der Waals surface area (Å²) in [7, 11) is 0. The van der Waals surface area contributed by atoms with E-state index in [0.717, 1.165) is 18.1 Å². The molecular formula is C14H19NOS. The first-order chi connectivity index (χ1) is 8.11. The normalized spacial score (nSPS) is 12.9. The predicted molar refractivity (Wildman–Crippen MR) is 72.8 cm³/mol. The number of thiophene rings is 1. The second kappa shape index (κ2) is 5.07. The molecule has 17 heavy (non-hydrogen) atoms. The van der Waals surface area contributed by atoms with Crippen LogP contribution < -0.4 is 5.32 Å². The van der Waals surface area contributed by atoms with Crippen molar-refractivity contribution in [3.05, 3.63) is 45.0 Å². The van der Waals surface area contributed by atoms with E-state index in [1.165, 1.54) is 15.3 Å². The Morgan fingerprint density at radius 1 is 1.29 bits per heavy atom. The van der Waals surface area contributed by atoms with Crippen molar-refractivity contribution < 1.29 is 4.42 Å². The van der Waals surface area contributed by atoms with Crippen LogP contribution >= 0.6 is 11.3 Å². The summed E-state index contributed by atoms with van der Waals surface area (Å²) in [4.78, 5) is 2.65. The minimum Gasteiger partial charge on any atom is -0.464 e. The molecule has 1 N–H and O–H groups in total. The molecule has 3 heteroatoms. The molecular weight excluding hydrogens is 230 g/mol. The van der Waals surface area contributed by atoms with Gasteiger partial charge in [0.2, 0.25) is 0 Å². The molecule has 0 aliphatic carbocycles. The first-order valence-corrected chi connectivity index (χ1v) is 6.80. The number of nitrogens with one attached hydrogen (secondary N) is 1. The second-order valence-corrected chi connectivity index (χ2v) is 5.65. The molecule has 2 aromatic rings. The van der Waals surface area contributed by atoms with Gasteiger partial charge in [-0.15, -0.1) is 11.3 Å². The highest BCUT2D eigenvalue weighted by Crippen LogP contribution is 2.30. The number of hydrogen-bond donors (Lipinski definition) is 1. The van der Waals surface area contributed by atoms with Crippen molar-refractivity contribution in [1.82, 2.24) is 5.32 Å². The van der Waals surface area contributed by atoms with Crippen molar-refractivity contribution in [3.8, 4) is 0 Å². The van der Waals surface area contributed by atoms with Crippen LogP contribution in [0.25, 0.3) is 0 Å².